The Morgan fingerprint density at radius 3 is 2.83 bits per heavy atom. The molecule has 0 aliphatic carbocycles. The van der Waals surface area contributed by atoms with Gasteiger partial charge in [0.25, 0.3) is 5.56 Å². The van der Waals surface area contributed by atoms with E-state index in [0.717, 1.165) is 41.9 Å². The lowest BCUT2D eigenvalue weighted by Crippen LogP contribution is -2.51. The van der Waals surface area contributed by atoms with Crippen LogP contribution in [0, 0.1) is 6.92 Å². The zero-order chi connectivity index (χ0) is 20.5. The number of aromatic nitrogens is 2. The standard InChI is InChI=1S/C23H28N4O2/c1-15-9-16(21-13-26(3)23(28)19-12-25-7-5-18(19)21)10-22(29-4)20(15)14-27-8-6-17(27)11-24-2/h5,7,9-10,12-13,17,24H,6,8,11,14H2,1-4H3. The lowest BCUT2D eigenvalue weighted by molar-refractivity contribution is 0.0818. The largest absolute Gasteiger partial charge is 0.496 e. The summed E-state index contributed by atoms with van der Waals surface area (Å²) in [5.74, 6) is 0.895. The summed E-state index contributed by atoms with van der Waals surface area (Å²) >= 11 is 0. The quantitative estimate of drug-likeness (QED) is 0.699. The van der Waals surface area contributed by atoms with Crippen molar-refractivity contribution in [3.05, 3.63) is 58.3 Å². The fourth-order valence-corrected chi connectivity index (χ4v) is 4.24. The number of hydrogen-bond donors (Lipinski definition) is 1. The molecule has 1 atom stereocenters. The fourth-order valence-electron chi connectivity index (χ4n) is 4.24. The molecular weight excluding hydrogens is 364 g/mol. The molecule has 1 N–H and O–H groups in total. The number of aryl methyl sites for hydroxylation is 2. The summed E-state index contributed by atoms with van der Waals surface area (Å²) in [6.45, 7) is 5.16. The number of nitrogens with one attached hydrogen (secondary N) is 1. The summed E-state index contributed by atoms with van der Waals surface area (Å²) in [7, 11) is 5.51. The first kappa shape index (κ1) is 19.6. The van der Waals surface area contributed by atoms with E-state index < -0.39 is 0 Å². The minimum Gasteiger partial charge on any atom is -0.496 e. The normalized spacial score (nSPS) is 16.8. The Balaban J connectivity index is 1.78. The van der Waals surface area contributed by atoms with E-state index in [1.54, 1.807) is 31.1 Å². The van der Waals surface area contributed by atoms with Crippen molar-refractivity contribution < 1.29 is 4.74 Å². The maximum Gasteiger partial charge on any atom is 0.259 e. The predicted molar refractivity (Wildman–Crippen MR) is 116 cm³/mol. The van der Waals surface area contributed by atoms with Crippen LogP contribution in [0.4, 0.5) is 0 Å². The molecule has 0 radical (unpaired) electrons. The molecule has 3 heterocycles. The van der Waals surface area contributed by atoms with Gasteiger partial charge in [0.05, 0.1) is 12.5 Å². The molecule has 4 rings (SSSR count). The molecule has 1 aromatic carbocycles. The number of rotatable bonds is 6. The second-order valence-corrected chi connectivity index (χ2v) is 7.82. The second-order valence-electron chi connectivity index (χ2n) is 7.82. The summed E-state index contributed by atoms with van der Waals surface area (Å²) in [6.07, 6.45) is 6.51. The van der Waals surface area contributed by atoms with Crippen LogP contribution in [-0.4, -0.2) is 47.7 Å². The summed E-state index contributed by atoms with van der Waals surface area (Å²) in [5, 5.41) is 4.82. The van der Waals surface area contributed by atoms with Gasteiger partial charge in [0.2, 0.25) is 0 Å². The number of fused-ring (bicyclic) bond motifs is 1. The van der Waals surface area contributed by atoms with Crippen molar-refractivity contribution in [2.24, 2.45) is 7.05 Å². The zero-order valence-electron chi connectivity index (χ0n) is 17.5. The summed E-state index contributed by atoms with van der Waals surface area (Å²) in [5.41, 5.74) is 4.45. The molecule has 0 amide bonds. The molecule has 3 aromatic rings. The van der Waals surface area contributed by atoms with Crippen molar-refractivity contribution in [1.82, 2.24) is 19.8 Å². The molecule has 1 aliphatic heterocycles. The monoisotopic (exact) mass is 392 g/mol. The van der Waals surface area contributed by atoms with Crippen LogP contribution in [0.1, 0.15) is 17.5 Å². The summed E-state index contributed by atoms with van der Waals surface area (Å²) < 4.78 is 7.42. The zero-order valence-corrected chi connectivity index (χ0v) is 17.5. The van der Waals surface area contributed by atoms with Crippen molar-refractivity contribution in [2.75, 3.05) is 27.2 Å². The van der Waals surface area contributed by atoms with Gasteiger partial charge in [-0.3, -0.25) is 14.7 Å². The number of likely N-dealkylation sites (tertiary alicyclic amines) is 1. The van der Waals surface area contributed by atoms with Crippen LogP contribution in [0.3, 0.4) is 0 Å². The SMILES string of the molecule is CNCC1CCN1Cc1c(C)cc(-c2cn(C)c(=O)c3cnccc23)cc1OC. The maximum atomic E-state index is 12.5. The van der Waals surface area contributed by atoms with Gasteiger partial charge < -0.3 is 14.6 Å². The number of nitrogens with zero attached hydrogens (tertiary/aromatic N) is 3. The van der Waals surface area contributed by atoms with Gasteiger partial charge in [0, 0.05) is 62.4 Å². The van der Waals surface area contributed by atoms with Gasteiger partial charge in [0.1, 0.15) is 5.75 Å². The van der Waals surface area contributed by atoms with Crippen LogP contribution in [0.2, 0.25) is 0 Å². The van der Waals surface area contributed by atoms with Gasteiger partial charge >= 0.3 is 0 Å². The fraction of sp³-hybridized carbons (Fsp3) is 0.391. The first-order valence-corrected chi connectivity index (χ1v) is 10.0. The van der Waals surface area contributed by atoms with E-state index in [1.165, 1.54) is 17.5 Å². The van der Waals surface area contributed by atoms with Gasteiger partial charge in [-0.25, -0.2) is 0 Å². The highest BCUT2D eigenvalue weighted by atomic mass is 16.5. The lowest BCUT2D eigenvalue weighted by Gasteiger charge is -2.41. The Labute approximate surface area is 171 Å². The van der Waals surface area contributed by atoms with Crippen molar-refractivity contribution in [3.8, 4) is 16.9 Å². The van der Waals surface area contributed by atoms with Crippen molar-refractivity contribution in [3.63, 3.8) is 0 Å². The first-order valence-electron chi connectivity index (χ1n) is 10.0. The second kappa shape index (κ2) is 7.97. The number of benzene rings is 1. The van der Waals surface area contributed by atoms with Crippen LogP contribution in [-0.2, 0) is 13.6 Å². The number of likely N-dealkylation sites (N-methyl/N-ethyl adjacent to an activating group) is 1. The average Bonchev–Trinajstić information content (AvgIpc) is 2.72. The molecule has 0 bridgehead atoms. The van der Waals surface area contributed by atoms with Gasteiger partial charge in [-0.05, 0) is 49.0 Å². The minimum absolute atomic E-state index is 0.0366. The van der Waals surface area contributed by atoms with Crippen molar-refractivity contribution in [2.45, 2.75) is 25.9 Å². The van der Waals surface area contributed by atoms with E-state index in [4.69, 9.17) is 4.74 Å². The predicted octanol–water partition coefficient (Wildman–Crippen LogP) is 2.71. The molecule has 6 heteroatoms. The van der Waals surface area contributed by atoms with Gasteiger partial charge in [0.15, 0.2) is 0 Å². The molecular formula is C23H28N4O2. The third-order valence-electron chi connectivity index (χ3n) is 6.01. The van der Waals surface area contributed by atoms with Crippen LogP contribution in [0.15, 0.2) is 41.6 Å². The van der Waals surface area contributed by atoms with E-state index in [9.17, 15) is 4.79 Å². The molecule has 1 aliphatic rings. The number of methoxy groups -OCH3 is 1. The topological polar surface area (TPSA) is 59.4 Å². The maximum absolute atomic E-state index is 12.5. The highest BCUT2D eigenvalue weighted by Crippen LogP contribution is 2.35. The Morgan fingerprint density at radius 2 is 2.14 bits per heavy atom. The molecule has 0 saturated carbocycles. The Kier molecular flexibility index (Phi) is 5.39. The van der Waals surface area contributed by atoms with Crippen LogP contribution in [0.25, 0.3) is 21.9 Å². The molecule has 152 valence electrons. The molecule has 0 spiro atoms. The van der Waals surface area contributed by atoms with Crippen LogP contribution in [0.5, 0.6) is 5.75 Å². The number of pyridine rings is 2. The smallest absolute Gasteiger partial charge is 0.259 e. The lowest BCUT2D eigenvalue weighted by atomic mass is 9.95. The highest BCUT2D eigenvalue weighted by molar-refractivity contribution is 5.95. The van der Waals surface area contributed by atoms with E-state index in [2.05, 4.69) is 34.3 Å². The van der Waals surface area contributed by atoms with E-state index in [1.807, 2.05) is 19.3 Å². The Bertz CT molecular complexity index is 1110. The van der Waals surface area contributed by atoms with Crippen LogP contribution >= 0.6 is 0 Å². The molecule has 2 aromatic heterocycles. The molecule has 6 nitrogen and oxygen atoms in total. The molecule has 29 heavy (non-hydrogen) atoms. The highest BCUT2D eigenvalue weighted by Gasteiger charge is 2.28. The van der Waals surface area contributed by atoms with Gasteiger partial charge in [-0.1, -0.05) is 6.07 Å². The summed E-state index contributed by atoms with van der Waals surface area (Å²) in [4.78, 5) is 19.1. The molecule has 1 saturated heterocycles. The average molecular weight is 393 g/mol. The third kappa shape index (κ3) is 3.54. The Hall–Kier alpha value is -2.70. The van der Waals surface area contributed by atoms with Gasteiger partial charge in [-0.2, -0.15) is 0 Å². The van der Waals surface area contributed by atoms with E-state index in [0.29, 0.717) is 11.4 Å². The van der Waals surface area contributed by atoms with Crippen molar-refractivity contribution >= 4 is 10.8 Å². The van der Waals surface area contributed by atoms with Crippen LogP contribution < -0.4 is 15.6 Å². The molecule has 1 unspecified atom stereocenters. The summed E-state index contributed by atoms with van der Waals surface area (Å²) in [6, 6.07) is 6.78. The van der Waals surface area contributed by atoms with Gasteiger partial charge in [-0.15, -0.1) is 0 Å². The third-order valence-corrected chi connectivity index (χ3v) is 6.01. The number of hydrogen-bond acceptors (Lipinski definition) is 5. The molecule has 1 fully saturated rings. The van der Waals surface area contributed by atoms with E-state index >= 15 is 0 Å². The first-order chi connectivity index (χ1) is 14.0. The van der Waals surface area contributed by atoms with E-state index in [-0.39, 0.29) is 5.56 Å². The minimum atomic E-state index is -0.0366. The number of ether oxygens (including phenoxy) is 1. The Morgan fingerprint density at radius 1 is 1.31 bits per heavy atom. The van der Waals surface area contributed by atoms with Crippen molar-refractivity contribution in [1.29, 1.82) is 0 Å².